The van der Waals surface area contributed by atoms with Crippen LogP contribution < -0.4 is 11.5 Å². The van der Waals surface area contributed by atoms with E-state index < -0.39 is 0 Å². The molecule has 0 bridgehead atoms. The van der Waals surface area contributed by atoms with Gasteiger partial charge < -0.3 is 11.5 Å². The van der Waals surface area contributed by atoms with Crippen LogP contribution in [-0.4, -0.2) is 37.0 Å². The van der Waals surface area contributed by atoms with Gasteiger partial charge in [0.15, 0.2) is 0 Å². The topological polar surface area (TPSA) is 72.3 Å². The van der Waals surface area contributed by atoms with Crippen molar-refractivity contribution in [2.45, 2.75) is 19.4 Å². The normalized spacial score (nSPS) is 13.5. The third kappa shape index (κ3) is 4.75. The quantitative estimate of drug-likeness (QED) is 0.548. The van der Waals surface area contributed by atoms with Crippen LogP contribution in [0.1, 0.15) is 13.3 Å². The lowest BCUT2D eigenvalue weighted by atomic mass is 10.2. The number of likely N-dealkylation sites (N-methyl/N-ethyl adjacent to an activating group) is 1. The maximum Gasteiger partial charge on any atom is 0.231 e. The molecule has 0 aliphatic carbocycles. The van der Waals surface area contributed by atoms with Crippen LogP contribution in [0.5, 0.6) is 0 Å². The van der Waals surface area contributed by atoms with E-state index >= 15 is 0 Å². The summed E-state index contributed by atoms with van der Waals surface area (Å²) >= 11 is 0. The smallest absolute Gasteiger partial charge is 0.231 e. The molecule has 0 aromatic heterocycles. The summed E-state index contributed by atoms with van der Waals surface area (Å²) in [7, 11) is 1.87. The molecule has 4 nitrogen and oxygen atoms in total. The first-order valence-electron chi connectivity index (χ1n) is 3.76. The average Bonchev–Trinajstić information content (AvgIpc) is 1.86. The molecule has 0 aromatic carbocycles. The highest BCUT2D eigenvalue weighted by Gasteiger charge is 2.09. The van der Waals surface area contributed by atoms with Crippen molar-refractivity contribution in [3.05, 3.63) is 0 Å². The minimum atomic E-state index is -0.295. The second-order valence-electron chi connectivity index (χ2n) is 2.81. The molecule has 1 unspecified atom stereocenters. The molecule has 0 spiro atoms. The van der Waals surface area contributed by atoms with E-state index in [1.54, 1.807) is 0 Å². The van der Waals surface area contributed by atoms with Crippen molar-refractivity contribution in [1.82, 2.24) is 4.90 Å². The van der Waals surface area contributed by atoms with Crippen LogP contribution in [0.15, 0.2) is 0 Å². The van der Waals surface area contributed by atoms with Gasteiger partial charge in [0.1, 0.15) is 0 Å². The number of hydrogen-bond acceptors (Lipinski definition) is 3. The lowest BCUT2D eigenvalue weighted by Crippen LogP contribution is -2.37. The molecule has 11 heavy (non-hydrogen) atoms. The highest BCUT2D eigenvalue weighted by atomic mass is 16.1. The summed E-state index contributed by atoms with van der Waals surface area (Å²) in [5, 5.41) is 0. The van der Waals surface area contributed by atoms with Crippen LogP contribution in [0, 0.1) is 0 Å². The molecule has 0 aromatic rings. The van der Waals surface area contributed by atoms with Gasteiger partial charge in [-0.05, 0) is 26.9 Å². The molecule has 0 fully saturated rings. The predicted octanol–water partition coefficient (Wildman–Crippen LogP) is -0.859. The Kier molecular flexibility index (Phi) is 4.81. The fourth-order valence-corrected chi connectivity index (χ4v) is 0.863. The molecular weight excluding hydrogens is 142 g/mol. The third-order valence-corrected chi connectivity index (χ3v) is 1.74. The van der Waals surface area contributed by atoms with Crippen molar-refractivity contribution in [1.29, 1.82) is 0 Å². The number of carbonyl (C=O) groups is 1. The van der Waals surface area contributed by atoms with E-state index in [4.69, 9.17) is 11.5 Å². The molecule has 0 radical (unpaired) electrons. The van der Waals surface area contributed by atoms with Crippen molar-refractivity contribution in [2.24, 2.45) is 11.5 Å². The van der Waals surface area contributed by atoms with E-state index in [1.807, 2.05) is 18.9 Å². The van der Waals surface area contributed by atoms with Crippen LogP contribution in [0.25, 0.3) is 0 Å². The molecule has 1 amide bonds. The summed E-state index contributed by atoms with van der Waals surface area (Å²) in [5.74, 6) is -0.295. The largest absolute Gasteiger partial charge is 0.369 e. The minimum Gasteiger partial charge on any atom is -0.369 e. The van der Waals surface area contributed by atoms with Gasteiger partial charge in [0, 0.05) is 6.04 Å². The van der Waals surface area contributed by atoms with Gasteiger partial charge in [-0.2, -0.15) is 0 Å². The molecule has 0 aliphatic rings. The van der Waals surface area contributed by atoms with E-state index in [2.05, 4.69) is 0 Å². The maximum absolute atomic E-state index is 10.5. The first kappa shape index (κ1) is 10.4. The Morgan fingerprint density at radius 3 is 2.55 bits per heavy atom. The second kappa shape index (κ2) is 5.09. The van der Waals surface area contributed by atoms with Crippen molar-refractivity contribution in [2.75, 3.05) is 20.1 Å². The van der Waals surface area contributed by atoms with E-state index in [9.17, 15) is 4.79 Å². The Bertz CT molecular complexity index is 127. The summed E-state index contributed by atoms with van der Waals surface area (Å²) in [5.41, 5.74) is 10.4. The summed E-state index contributed by atoms with van der Waals surface area (Å²) in [6, 6.07) is 0.326. The molecule has 4 heteroatoms. The monoisotopic (exact) mass is 159 g/mol. The lowest BCUT2D eigenvalue weighted by molar-refractivity contribution is -0.119. The number of nitrogens with two attached hydrogens (primary N) is 2. The fraction of sp³-hybridized carbons (Fsp3) is 0.857. The van der Waals surface area contributed by atoms with E-state index in [-0.39, 0.29) is 5.91 Å². The number of rotatable bonds is 5. The van der Waals surface area contributed by atoms with Gasteiger partial charge in [-0.3, -0.25) is 9.69 Å². The van der Waals surface area contributed by atoms with Crippen molar-refractivity contribution in [3.63, 3.8) is 0 Å². The molecule has 0 heterocycles. The Morgan fingerprint density at radius 2 is 2.18 bits per heavy atom. The summed E-state index contributed by atoms with van der Waals surface area (Å²) in [6.07, 6.45) is 0.893. The zero-order valence-corrected chi connectivity index (χ0v) is 7.21. The summed E-state index contributed by atoms with van der Waals surface area (Å²) in [6.45, 7) is 2.97. The summed E-state index contributed by atoms with van der Waals surface area (Å²) < 4.78 is 0. The Labute approximate surface area is 67.5 Å². The van der Waals surface area contributed by atoms with Gasteiger partial charge in [0.05, 0.1) is 6.54 Å². The summed E-state index contributed by atoms with van der Waals surface area (Å²) in [4.78, 5) is 12.4. The second-order valence-corrected chi connectivity index (χ2v) is 2.81. The molecule has 1 atom stereocenters. The van der Waals surface area contributed by atoms with E-state index in [0.717, 1.165) is 6.42 Å². The van der Waals surface area contributed by atoms with Gasteiger partial charge in [-0.1, -0.05) is 0 Å². The van der Waals surface area contributed by atoms with Crippen LogP contribution in [0.3, 0.4) is 0 Å². The van der Waals surface area contributed by atoms with Crippen molar-refractivity contribution in [3.8, 4) is 0 Å². The standard InChI is InChI=1S/C7H17N3O/c1-6(3-4-8)10(2)5-7(9)11/h6H,3-5,8H2,1-2H3,(H2,9,11). The third-order valence-electron chi connectivity index (χ3n) is 1.74. The van der Waals surface area contributed by atoms with Crippen LogP contribution in [-0.2, 0) is 4.79 Å². The molecule has 0 saturated carbocycles. The lowest BCUT2D eigenvalue weighted by Gasteiger charge is -2.22. The highest BCUT2D eigenvalue weighted by molar-refractivity contribution is 5.75. The van der Waals surface area contributed by atoms with Gasteiger partial charge in [0.2, 0.25) is 5.91 Å². The molecule has 0 rings (SSSR count). The van der Waals surface area contributed by atoms with Gasteiger partial charge in [-0.25, -0.2) is 0 Å². The molecule has 66 valence electrons. The number of carbonyl (C=O) groups excluding carboxylic acids is 1. The molecule has 0 aliphatic heterocycles. The van der Waals surface area contributed by atoms with E-state index in [1.165, 1.54) is 0 Å². The van der Waals surface area contributed by atoms with Crippen molar-refractivity contribution >= 4 is 5.91 Å². The number of hydrogen-bond donors (Lipinski definition) is 2. The number of nitrogens with zero attached hydrogens (tertiary/aromatic N) is 1. The first-order chi connectivity index (χ1) is 5.07. The first-order valence-corrected chi connectivity index (χ1v) is 3.76. The van der Waals surface area contributed by atoms with Gasteiger partial charge >= 0.3 is 0 Å². The fourth-order valence-electron chi connectivity index (χ4n) is 0.863. The van der Waals surface area contributed by atoms with Gasteiger partial charge in [-0.15, -0.1) is 0 Å². The van der Waals surface area contributed by atoms with E-state index in [0.29, 0.717) is 19.1 Å². The zero-order valence-electron chi connectivity index (χ0n) is 7.21. The van der Waals surface area contributed by atoms with Crippen LogP contribution in [0.4, 0.5) is 0 Å². The maximum atomic E-state index is 10.5. The SMILES string of the molecule is CC(CCN)N(C)CC(N)=O. The number of amides is 1. The van der Waals surface area contributed by atoms with Crippen LogP contribution in [0.2, 0.25) is 0 Å². The average molecular weight is 159 g/mol. The molecule has 4 N–H and O–H groups in total. The molecule has 0 saturated heterocycles. The Balaban J connectivity index is 3.63. The highest BCUT2D eigenvalue weighted by Crippen LogP contribution is 1.97. The Morgan fingerprint density at radius 1 is 1.64 bits per heavy atom. The zero-order chi connectivity index (χ0) is 8.85. The minimum absolute atomic E-state index is 0.295. The Hall–Kier alpha value is -0.610. The predicted molar refractivity (Wildman–Crippen MR) is 45.0 cm³/mol. The molecular formula is C7H17N3O. The van der Waals surface area contributed by atoms with Crippen LogP contribution >= 0.6 is 0 Å². The van der Waals surface area contributed by atoms with Gasteiger partial charge in [0.25, 0.3) is 0 Å². The number of primary amides is 1. The van der Waals surface area contributed by atoms with Crippen molar-refractivity contribution < 1.29 is 4.79 Å².